The van der Waals surface area contributed by atoms with E-state index >= 15 is 0 Å². The molecule has 8 heteroatoms. The molecule has 0 fully saturated rings. The van der Waals surface area contributed by atoms with E-state index in [0.717, 1.165) is 11.1 Å². The number of amides is 2. The van der Waals surface area contributed by atoms with Gasteiger partial charge in [-0.15, -0.1) is 0 Å². The number of benzene rings is 2. The molecule has 2 N–H and O–H groups in total. The van der Waals surface area contributed by atoms with Gasteiger partial charge in [0, 0.05) is 41.4 Å². The van der Waals surface area contributed by atoms with Crippen molar-refractivity contribution in [1.82, 2.24) is 4.98 Å². The number of para-hydroxylation sites is 2. The average Bonchev–Trinajstić information content (AvgIpc) is 2.79. The Morgan fingerprint density at radius 2 is 1.82 bits per heavy atom. The van der Waals surface area contributed by atoms with Gasteiger partial charge >= 0.3 is 0 Å². The summed E-state index contributed by atoms with van der Waals surface area (Å²) in [6.07, 6.45) is 3.31. The maximum atomic E-state index is 13.3. The summed E-state index contributed by atoms with van der Waals surface area (Å²) in [6.45, 7) is 2.33. The molecule has 0 aliphatic heterocycles. The van der Waals surface area contributed by atoms with Crippen LogP contribution in [-0.4, -0.2) is 30.5 Å². The fourth-order valence-electron chi connectivity index (χ4n) is 3.41. The minimum Gasteiger partial charge on any atom is -0.491 e. The summed E-state index contributed by atoms with van der Waals surface area (Å²) >= 11 is 12.4. The smallest absolute Gasteiger partial charge is 0.258 e. The number of primary amides is 1. The van der Waals surface area contributed by atoms with Crippen LogP contribution in [0.25, 0.3) is 11.1 Å². The zero-order chi connectivity index (χ0) is 24.0. The van der Waals surface area contributed by atoms with Crippen molar-refractivity contribution in [2.45, 2.75) is 26.2 Å². The number of hydrogen-bond acceptors (Lipinski definition) is 4. The summed E-state index contributed by atoms with van der Waals surface area (Å²) in [4.78, 5) is 29.9. The SMILES string of the molecule is Cc1cc(Cl)ncc1-c1cc(C(=O)N(C)c2ccccc2OCCCCC(N)=O)ccc1Cl. The van der Waals surface area contributed by atoms with Gasteiger partial charge in [0.2, 0.25) is 5.91 Å². The number of ether oxygens (including phenoxy) is 1. The molecule has 2 amide bonds. The molecule has 0 radical (unpaired) electrons. The molecule has 33 heavy (non-hydrogen) atoms. The lowest BCUT2D eigenvalue weighted by molar-refractivity contribution is -0.118. The summed E-state index contributed by atoms with van der Waals surface area (Å²) in [7, 11) is 1.70. The number of unbranched alkanes of at least 4 members (excludes halogenated alkanes) is 1. The van der Waals surface area contributed by atoms with E-state index in [4.69, 9.17) is 33.7 Å². The number of carbonyl (C=O) groups excluding carboxylic acids is 2. The van der Waals surface area contributed by atoms with Crippen molar-refractivity contribution in [3.63, 3.8) is 0 Å². The number of halogens is 2. The van der Waals surface area contributed by atoms with Crippen molar-refractivity contribution in [3.8, 4) is 16.9 Å². The Bertz CT molecular complexity index is 1170. The molecule has 0 aliphatic rings. The summed E-state index contributed by atoms with van der Waals surface area (Å²) in [6, 6.07) is 14.2. The molecule has 2 aromatic carbocycles. The Morgan fingerprint density at radius 3 is 2.55 bits per heavy atom. The van der Waals surface area contributed by atoms with Gasteiger partial charge in [-0.05, 0) is 61.7 Å². The van der Waals surface area contributed by atoms with E-state index in [-0.39, 0.29) is 11.8 Å². The minimum absolute atomic E-state index is 0.211. The first kappa shape index (κ1) is 24.6. The van der Waals surface area contributed by atoms with E-state index < -0.39 is 0 Å². The topological polar surface area (TPSA) is 85.5 Å². The number of rotatable bonds is 9. The molecule has 6 nitrogen and oxygen atoms in total. The highest BCUT2D eigenvalue weighted by atomic mass is 35.5. The van der Waals surface area contributed by atoms with Crippen LogP contribution in [0.1, 0.15) is 35.2 Å². The van der Waals surface area contributed by atoms with E-state index in [2.05, 4.69) is 4.98 Å². The predicted molar refractivity (Wildman–Crippen MR) is 132 cm³/mol. The third-order valence-corrected chi connectivity index (χ3v) is 5.72. The molecule has 0 bridgehead atoms. The fraction of sp³-hybridized carbons (Fsp3) is 0.240. The molecule has 0 saturated heterocycles. The molecule has 0 spiro atoms. The second-order valence-electron chi connectivity index (χ2n) is 7.62. The highest BCUT2D eigenvalue weighted by Gasteiger charge is 2.19. The molecular formula is C25H25Cl2N3O3. The Labute approximate surface area is 203 Å². The van der Waals surface area contributed by atoms with Crippen LogP contribution < -0.4 is 15.4 Å². The van der Waals surface area contributed by atoms with Gasteiger partial charge in [0.05, 0.1) is 12.3 Å². The van der Waals surface area contributed by atoms with Crippen LogP contribution in [-0.2, 0) is 4.79 Å². The maximum absolute atomic E-state index is 13.3. The molecule has 1 heterocycles. The Balaban J connectivity index is 1.81. The first-order valence-corrected chi connectivity index (χ1v) is 11.2. The molecule has 0 saturated carbocycles. The van der Waals surface area contributed by atoms with Crippen LogP contribution in [0.15, 0.2) is 54.7 Å². The van der Waals surface area contributed by atoms with Crippen LogP contribution in [0.5, 0.6) is 5.75 Å². The summed E-state index contributed by atoms with van der Waals surface area (Å²) in [5.41, 5.74) is 8.70. The number of anilines is 1. The third-order valence-electron chi connectivity index (χ3n) is 5.19. The van der Waals surface area contributed by atoms with Crippen molar-refractivity contribution in [3.05, 3.63) is 76.0 Å². The van der Waals surface area contributed by atoms with E-state index in [1.807, 2.05) is 31.2 Å². The first-order valence-electron chi connectivity index (χ1n) is 10.5. The predicted octanol–water partition coefficient (Wildman–Crippen LogP) is 5.67. The van der Waals surface area contributed by atoms with Gasteiger partial charge in [-0.2, -0.15) is 0 Å². The molecular weight excluding hydrogens is 461 g/mol. The van der Waals surface area contributed by atoms with Gasteiger partial charge in [0.15, 0.2) is 0 Å². The zero-order valence-electron chi connectivity index (χ0n) is 18.5. The number of nitrogens with two attached hydrogens (primary N) is 1. The summed E-state index contributed by atoms with van der Waals surface area (Å²) in [5, 5.41) is 0.909. The second-order valence-corrected chi connectivity index (χ2v) is 8.41. The van der Waals surface area contributed by atoms with Crippen molar-refractivity contribution in [1.29, 1.82) is 0 Å². The number of pyridine rings is 1. The lowest BCUT2D eigenvalue weighted by atomic mass is 10.0. The average molecular weight is 486 g/mol. The standard InChI is InChI=1S/C25H25Cl2N3O3/c1-16-13-23(27)29-15-19(16)18-14-17(10-11-20(18)26)25(32)30(2)21-7-3-4-8-22(21)33-12-6-5-9-24(28)31/h3-4,7-8,10-11,13-15H,5-6,9,12H2,1-2H3,(H2,28,31). The van der Waals surface area contributed by atoms with Crippen molar-refractivity contribution < 1.29 is 14.3 Å². The summed E-state index contributed by atoms with van der Waals surface area (Å²) in [5.74, 6) is 0.0456. The van der Waals surface area contributed by atoms with Crippen molar-refractivity contribution in [2.24, 2.45) is 5.73 Å². The molecule has 3 rings (SSSR count). The maximum Gasteiger partial charge on any atom is 0.258 e. The van der Waals surface area contributed by atoms with Gasteiger partial charge in [-0.1, -0.05) is 35.3 Å². The number of aromatic nitrogens is 1. The molecule has 3 aromatic rings. The highest BCUT2D eigenvalue weighted by molar-refractivity contribution is 6.33. The van der Waals surface area contributed by atoms with Crippen molar-refractivity contribution in [2.75, 3.05) is 18.6 Å². The largest absolute Gasteiger partial charge is 0.491 e. The molecule has 0 unspecified atom stereocenters. The molecule has 0 aliphatic carbocycles. The van der Waals surface area contributed by atoms with Crippen LogP contribution in [0.2, 0.25) is 10.2 Å². The minimum atomic E-state index is -0.326. The number of hydrogen-bond donors (Lipinski definition) is 1. The fourth-order valence-corrected chi connectivity index (χ4v) is 3.84. The monoisotopic (exact) mass is 485 g/mol. The van der Waals surface area contributed by atoms with Crippen LogP contribution in [0, 0.1) is 6.92 Å². The number of carbonyl (C=O) groups is 2. The zero-order valence-corrected chi connectivity index (χ0v) is 20.0. The van der Waals surface area contributed by atoms with Crippen LogP contribution in [0.4, 0.5) is 5.69 Å². The summed E-state index contributed by atoms with van der Waals surface area (Å²) < 4.78 is 5.88. The molecule has 172 valence electrons. The van der Waals surface area contributed by atoms with Gasteiger partial charge < -0.3 is 15.4 Å². The Morgan fingerprint density at radius 1 is 1.06 bits per heavy atom. The van der Waals surface area contributed by atoms with Gasteiger partial charge in [0.1, 0.15) is 10.9 Å². The van der Waals surface area contributed by atoms with E-state index in [1.54, 1.807) is 42.4 Å². The quantitative estimate of drug-likeness (QED) is 0.312. The van der Waals surface area contributed by atoms with Crippen LogP contribution in [0.3, 0.4) is 0 Å². The lowest BCUT2D eigenvalue weighted by Crippen LogP contribution is -2.26. The van der Waals surface area contributed by atoms with Gasteiger partial charge in [-0.25, -0.2) is 4.98 Å². The van der Waals surface area contributed by atoms with Crippen molar-refractivity contribution >= 4 is 40.7 Å². The van der Waals surface area contributed by atoms with Gasteiger partial charge in [-0.3, -0.25) is 9.59 Å². The van der Waals surface area contributed by atoms with E-state index in [0.29, 0.717) is 58.6 Å². The van der Waals surface area contributed by atoms with E-state index in [9.17, 15) is 9.59 Å². The Hall–Kier alpha value is -3.09. The van der Waals surface area contributed by atoms with E-state index in [1.165, 1.54) is 0 Å². The molecule has 1 aromatic heterocycles. The molecule has 0 atom stereocenters. The third kappa shape index (κ3) is 6.24. The highest BCUT2D eigenvalue weighted by Crippen LogP contribution is 2.33. The van der Waals surface area contributed by atoms with Crippen LogP contribution >= 0.6 is 23.2 Å². The lowest BCUT2D eigenvalue weighted by Gasteiger charge is -2.21. The van der Waals surface area contributed by atoms with Gasteiger partial charge in [0.25, 0.3) is 5.91 Å². The normalized spacial score (nSPS) is 10.7. The number of aryl methyl sites for hydroxylation is 1. The first-order chi connectivity index (χ1) is 15.8. The Kier molecular flexibility index (Phi) is 8.31. The second kappa shape index (κ2) is 11.2. The number of nitrogens with zero attached hydrogens (tertiary/aromatic N) is 2.